The van der Waals surface area contributed by atoms with Crippen LogP contribution in [0.2, 0.25) is 0 Å². The highest BCUT2D eigenvalue weighted by molar-refractivity contribution is 7.17. The van der Waals surface area contributed by atoms with Gasteiger partial charge in [-0.3, -0.25) is 0 Å². The molecule has 102 valence electrons. The smallest absolute Gasteiger partial charge is 0.0346 e. The van der Waals surface area contributed by atoms with Gasteiger partial charge < -0.3 is 10.2 Å². The molecule has 0 radical (unpaired) electrons. The van der Waals surface area contributed by atoms with E-state index in [1.165, 1.54) is 48.1 Å². The summed E-state index contributed by atoms with van der Waals surface area (Å²) in [5, 5.41) is 7.47. The van der Waals surface area contributed by atoms with Gasteiger partial charge in [0.2, 0.25) is 0 Å². The second-order valence-electron chi connectivity index (χ2n) is 5.37. The van der Waals surface area contributed by atoms with Gasteiger partial charge in [0.05, 0.1) is 0 Å². The highest BCUT2D eigenvalue weighted by atomic mass is 32.1. The van der Waals surface area contributed by atoms with E-state index in [0.29, 0.717) is 6.04 Å². The van der Waals surface area contributed by atoms with Crippen LogP contribution in [-0.2, 0) is 6.54 Å². The van der Waals surface area contributed by atoms with Crippen LogP contribution in [0.5, 0.6) is 0 Å². The Bertz CT molecular complexity index is 534. The summed E-state index contributed by atoms with van der Waals surface area (Å²) >= 11 is 1.86. The molecule has 2 heterocycles. The SMILES string of the molecule is CCN1CCCC(NCc2csc3ccccc23)C1. The van der Waals surface area contributed by atoms with Crippen LogP contribution in [0.1, 0.15) is 25.3 Å². The highest BCUT2D eigenvalue weighted by Gasteiger charge is 2.18. The van der Waals surface area contributed by atoms with Gasteiger partial charge in [0.15, 0.2) is 0 Å². The lowest BCUT2D eigenvalue weighted by atomic mass is 10.1. The molecule has 19 heavy (non-hydrogen) atoms. The predicted octanol–water partition coefficient (Wildman–Crippen LogP) is 3.48. The van der Waals surface area contributed by atoms with Crippen LogP contribution in [0.3, 0.4) is 0 Å². The number of likely N-dealkylation sites (N-methyl/N-ethyl adjacent to an activating group) is 1. The first kappa shape index (κ1) is 13.1. The Balaban J connectivity index is 1.63. The topological polar surface area (TPSA) is 15.3 Å². The Morgan fingerprint density at radius 2 is 2.26 bits per heavy atom. The van der Waals surface area contributed by atoms with Crippen LogP contribution < -0.4 is 5.32 Å². The number of thiophene rings is 1. The minimum atomic E-state index is 0.660. The summed E-state index contributed by atoms with van der Waals surface area (Å²) in [7, 11) is 0. The number of hydrogen-bond acceptors (Lipinski definition) is 3. The van der Waals surface area contributed by atoms with Crippen molar-refractivity contribution in [2.75, 3.05) is 19.6 Å². The quantitative estimate of drug-likeness (QED) is 0.918. The Kier molecular flexibility index (Phi) is 4.16. The van der Waals surface area contributed by atoms with Gasteiger partial charge in [-0.1, -0.05) is 25.1 Å². The van der Waals surface area contributed by atoms with E-state index in [0.717, 1.165) is 6.54 Å². The maximum Gasteiger partial charge on any atom is 0.0346 e. The lowest BCUT2D eigenvalue weighted by Crippen LogP contribution is -2.45. The van der Waals surface area contributed by atoms with Gasteiger partial charge in [0, 0.05) is 23.8 Å². The maximum atomic E-state index is 3.75. The van der Waals surface area contributed by atoms with Gasteiger partial charge in [-0.05, 0) is 48.3 Å². The molecule has 0 amide bonds. The van der Waals surface area contributed by atoms with Crippen molar-refractivity contribution in [3.05, 3.63) is 35.2 Å². The molecular formula is C16H22N2S. The molecule has 0 bridgehead atoms. The van der Waals surface area contributed by atoms with E-state index in [-0.39, 0.29) is 0 Å². The van der Waals surface area contributed by atoms with E-state index >= 15 is 0 Å². The van der Waals surface area contributed by atoms with E-state index in [9.17, 15) is 0 Å². The zero-order valence-electron chi connectivity index (χ0n) is 11.6. The first-order valence-corrected chi connectivity index (χ1v) is 8.15. The van der Waals surface area contributed by atoms with Gasteiger partial charge in [-0.2, -0.15) is 0 Å². The average Bonchev–Trinajstić information content (AvgIpc) is 2.89. The molecule has 1 unspecified atom stereocenters. The van der Waals surface area contributed by atoms with Crippen LogP contribution in [0.25, 0.3) is 10.1 Å². The number of nitrogens with one attached hydrogen (secondary N) is 1. The minimum Gasteiger partial charge on any atom is -0.309 e. The summed E-state index contributed by atoms with van der Waals surface area (Å²) in [5.41, 5.74) is 1.45. The fraction of sp³-hybridized carbons (Fsp3) is 0.500. The molecule has 0 saturated carbocycles. The summed E-state index contributed by atoms with van der Waals surface area (Å²) in [4.78, 5) is 2.55. The van der Waals surface area contributed by atoms with Crippen molar-refractivity contribution in [3.8, 4) is 0 Å². The maximum absolute atomic E-state index is 3.75. The van der Waals surface area contributed by atoms with Crippen LogP contribution >= 0.6 is 11.3 Å². The number of piperidine rings is 1. The van der Waals surface area contributed by atoms with Crippen molar-refractivity contribution in [1.82, 2.24) is 10.2 Å². The van der Waals surface area contributed by atoms with Crippen molar-refractivity contribution < 1.29 is 0 Å². The molecule has 2 nitrogen and oxygen atoms in total. The summed E-state index contributed by atoms with van der Waals surface area (Å²) in [6.07, 6.45) is 2.65. The molecule has 1 aromatic carbocycles. The number of fused-ring (bicyclic) bond motifs is 1. The fourth-order valence-corrected chi connectivity index (χ4v) is 3.90. The number of nitrogens with zero attached hydrogens (tertiary/aromatic N) is 1. The minimum absolute atomic E-state index is 0.660. The number of likely N-dealkylation sites (tertiary alicyclic amines) is 1. The lowest BCUT2D eigenvalue weighted by Gasteiger charge is -2.32. The molecule has 1 aromatic heterocycles. The fourth-order valence-electron chi connectivity index (χ4n) is 2.93. The molecule has 3 rings (SSSR count). The molecule has 0 aliphatic carbocycles. The van der Waals surface area contributed by atoms with Crippen molar-refractivity contribution >= 4 is 21.4 Å². The molecular weight excluding hydrogens is 252 g/mol. The highest BCUT2D eigenvalue weighted by Crippen LogP contribution is 2.25. The van der Waals surface area contributed by atoms with E-state index in [2.05, 4.69) is 46.8 Å². The van der Waals surface area contributed by atoms with E-state index in [1.54, 1.807) is 0 Å². The van der Waals surface area contributed by atoms with Crippen LogP contribution in [0, 0.1) is 0 Å². The summed E-state index contributed by atoms with van der Waals surface area (Å²) < 4.78 is 1.40. The van der Waals surface area contributed by atoms with Gasteiger partial charge in [0.1, 0.15) is 0 Å². The van der Waals surface area contributed by atoms with Crippen LogP contribution in [-0.4, -0.2) is 30.6 Å². The second-order valence-corrected chi connectivity index (χ2v) is 6.28. The zero-order chi connectivity index (χ0) is 13.1. The first-order valence-electron chi connectivity index (χ1n) is 7.27. The van der Waals surface area contributed by atoms with E-state index < -0.39 is 0 Å². The Morgan fingerprint density at radius 1 is 1.37 bits per heavy atom. The van der Waals surface area contributed by atoms with Crippen molar-refractivity contribution in [2.24, 2.45) is 0 Å². The summed E-state index contributed by atoms with van der Waals surface area (Å²) in [5.74, 6) is 0. The Hall–Kier alpha value is -0.900. The van der Waals surface area contributed by atoms with Crippen molar-refractivity contribution in [3.63, 3.8) is 0 Å². The zero-order valence-corrected chi connectivity index (χ0v) is 12.4. The third-order valence-electron chi connectivity index (χ3n) is 4.10. The Morgan fingerprint density at radius 3 is 3.16 bits per heavy atom. The van der Waals surface area contributed by atoms with Gasteiger partial charge in [0.25, 0.3) is 0 Å². The van der Waals surface area contributed by atoms with Crippen molar-refractivity contribution in [1.29, 1.82) is 0 Å². The first-order chi connectivity index (χ1) is 9.36. The second kappa shape index (κ2) is 6.04. The van der Waals surface area contributed by atoms with Gasteiger partial charge in [-0.15, -0.1) is 11.3 Å². The molecule has 1 N–H and O–H groups in total. The lowest BCUT2D eigenvalue weighted by molar-refractivity contribution is 0.198. The third kappa shape index (κ3) is 2.99. The van der Waals surface area contributed by atoms with Gasteiger partial charge in [-0.25, -0.2) is 0 Å². The standard InChI is InChI=1S/C16H22N2S/c1-2-18-9-5-6-14(11-18)17-10-13-12-19-16-8-4-3-7-15(13)16/h3-4,7-8,12,14,17H,2,5-6,9-11H2,1H3. The summed E-state index contributed by atoms with van der Waals surface area (Å²) in [6.45, 7) is 6.93. The Labute approximate surface area is 119 Å². The third-order valence-corrected chi connectivity index (χ3v) is 5.11. The monoisotopic (exact) mass is 274 g/mol. The number of rotatable bonds is 4. The van der Waals surface area contributed by atoms with E-state index in [4.69, 9.17) is 0 Å². The molecule has 1 fully saturated rings. The molecule has 2 aromatic rings. The molecule has 3 heteroatoms. The van der Waals surface area contributed by atoms with Gasteiger partial charge >= 0.3 is 0 Å². The number of hydrogen-bond donors (Lipinski definition) is 1. The largest absolute Gasteiger partial charge is 0.309 e. The molecule has 1 aliphatic heterocycles. The summed E-state index contributed by atoms with van der Waals surface area (Å²) in [6, 6.07) is 9.37. The normalized spacial score (nSPS) is 21.0. The van der Waals surface area contributed by atoms with Crippen molar-refractivity contribution in [2.45, 2.75) is 32.4 Å². The number of benzene rings is 1. The molecule has 1 saturated heterocycles. The average molecular weight is 274 g/mol. The predicted molar refractivity (Wildman–Crippen MR) is 83.8 cm³/mol. The van der Waals surface area contributed by atoms with Crippen LogP contribution in [0.15, 0.2) is 29.6 Å². The molecule has 1 atom stereocenters. The molecule has 0 spiro atoms. The van der Waals surface area contributed by atoms with Crippen LogP contribution in [0.4, 0.5) is 0 Å². The molecule has 1 aliphatic rings. The van der Waals surface area contributed by atoms with E-state index in [1.807, 2.05) is 11.3 Å².